The van der Waals surface area contributed by atoms with E-state index >= 15 is 0 Å². The monoisotopic (exact) mass is 179 g/mol. The molecule has 1 N–H and O–H groups in total. The molecule has 0 aromatic heterocycles. The SMILES string of the molecule is CC1(O)CCN(CC(F)F)CC1. The number of rotatable bonds is 2. The van der Waals surface area contributed by atoms with Crippen LogP contribution in [0.2, 0.25) is 0 Å². The third-order valence-electron chi connectivity index (χ3n) is 2.33. The average Bonchev–Trinajstić information content (AvgIpc) is 1.93. The standard InChI is InChI=1S/C8H15F2NO/c1-8(12)2-4-11(5-3-8)6-7(9)10/h7,12H,2-6H2,1H3. The second-order valence-electron chi connectivity index (χ2n) is 3.69. The zero-order chi connectivity index (χ0) is 9.19. The Balaban J connectivity index is 2.27. The molecule has 1 rings (SSSR count). The number of piperidine rings is 1. The van der Waals surface area contributed by atoms with Crippen LogP contribution in [0.3, 0.4) is 0 Å². The van der Waals surface area contributed by atoms with Crippen molar-refractivity contribution in [2.45, 2.75) is 31.8 Å². The summed E-state index contributed by atoms with van der Waals surface area (Å²) in [6.45, 7) is 2.76. The van der Waals surface area contributed by atoms with Crippen LogP contribution in [0, 0.1) is 0 Å². The molecule has 0 atom stereocenters. The summed E-state index contributed by atoms with van der Waals surface area (Å²) in [5.74, 6) is 0. The van der Waals surface area contributed by atoms with Gasteiger partial charge in [0.25, 0.3) is 6.43 Å². The van der Waals surface area contributed by atoms with E-state index in [1.165, 1.54) is 0 Å². The van der Waals surface area contributed by atoms with Gasteiger partial charge in [0.2, 0.25) is 0 Å². The first-order valence-electron chi connectivity index (χ1n) is 4.22. The van der Waals surface area contributed by atoms with E-state index in [4.69, 9.17) is 0 Å². The van der Waals surface area contributed by atoms with E-state index in [0.29, 0.717) is 25.9 Å². The molecular formula is C8H15F2NO. The van der Waals surface area contributed by atoms with E-state index in [1.807, 2.05) is 0 Å². The minimum atomic E-state index is -2.26. The number of nitrogens with zero attached hydrogens (tertiary/aromatic N) is 1. The molecule has 72 valence electrons. The van der Waals surface area contributed by atoms with Crippen LogP contribution in [0.4, 0.5) is 8.78 Å². The van der Waals surface area contributed by atoms with Crippen molar-refractivity contribution in [3.63, 3.8) is 0 Å². The molecule has 0 aromatic carbocycles. The number of aliphatic hydroxyl groups is 1. The van der Waals surface area contributed by atoms with Crippen LogP contribution in [-0.4, -0.2) is 41.7 Å². The third-order valence-corrected chi connectivity index (χ3v) is 2.33. The zero-order valence-corrected chi connectivity index (χ0v) is 7.26. The lowest BCUT2D eigenvalue weighted by atomic mass is 9.94. The van der Waals surface area contributed by atoms with Crippen LogP contribution in [0.25, 0.3) is 0 Å². The summed E-state index contributed by atoms with van der Waals surface area (Å²) < 4.78 is 23.8. The Labute approximate surface area is 71.2 Å². The van der Waals surface area contributed by atoms with Crippen molar-refractivity contribution in [2.75, 3.05) is 19.6 Å². The fourth-order valence-electron chi connectivity index (χ4n) is 1.41. The van der Waals surface area contributed by atoms with Gasteiger partial charge in [0, 0.05) is 13.1 Å². The van der Waals surface area contributed by atoms with Crippen LogP contribution in [0.5, 0.6) is 0 Å². The van der Waals surface area contributed by atoms with E-state index in [9.17, 15) is 13.9 Å². The third kappa shape index (κ3) is 3.03. The number of likely N-dealkylation sites (tertiary alicyclic amines) is 1. The fraction of sp³-hybridized carbons (Fsp3) is 1.00. The molecule has 1 heterocycles. The summed E-state index contributed by atoms with van der Waals surface area (Å²) in [6.07, 6.45) is -1.06. The molecule has 0 saturated carbocycles. The van der Waals surface area contributed by atoms with Gasteiger partial charge in [-0.3, -0.25) is 4.90 Å². The number of hydrogen-bond donors (Lipinski definition) is 1. The summed E-state index contributed by atoms with van der Waals surface area (Å²) in [7, 11) is 0. The Bertz CT molecular complexity index is 140. The summed E-state index contributed by atoms with van der Waals surface area (Å²) >= 11 is 0. The van der Waals surface area contributed by atoms with Crippen molar-refractivity contribution < 1.29 is 13.9 Å². The zero-order valence-electron chi connectivity index (χ0n) is 7.26. The quantitative estimate of drug-likeness (QED) is 0.686. The number of halogens is 2. The molecule has 0 bridgehead atoms. The highest BCUT2D eigenvalue weighted by atomic mass is 19.3. The predicted octanol–water partition coefficient (Wildman–Crippen LogP) is 1.10. The molecule has 1 fully saturated rings. The van der Waals surface area contributed by atoms with Crippen molar-refractivity contribution in [2.24, 2.45) is 0 Å². The van der Waals surface area contributed by atoms with Gasteiger partial charge in [-0.05, 0) is 19.8 Å². The van der Waals surface area contributed by atoms with E-state index in [1.54, 1.807) is 11.8 Å². The maximum Gasteiger partial charge on any atom is 0.251 e. The molecule has 0 radical (unpaired) electrons. The molecule has 0 amide bonds. The minimum Gasteiger partial charge on any atom is -0.390 e. The Hall–Kier alpha value is -0.220. The molecule has 0 aliphatic carbocycles. The molecule has 12 heavy (non-hydrogen) atoms. The first-order valence-corrected chi connectivity index (χ1v) is 4.22. The summed E-state index contributed by atoms with van der Waals surface area (Å²) in [4.78, 5) is 1.70. The molecule has 1 aliphatic heterocycles. The number of hydrogen-bond acceptors (Lipinski definition) is 2. The highest BCUT2D eigenvalue weighted by Gasteiger charge is 2.28. The molecular weight excluding hydrogens is 164 g/mol. The molecule has 4 heteroatoms. The molecule has 0 unspecified atom stereocenters. The van der Waals surface area contributed by atoms with Crippen LogP contribution < -0.4 is 0 Å². The second-order valence-corrected chi connectivity index (χ2v) is 3.69. The maximum absolute atomic E-state index is 11.9. The van der Waals surface area contributed by atoms with Crippen LogP contribution in [-0.2, 0) is 0 Å². The largest absolute Gasteiger partial charge is 0.390 e. The van der Waals surface area contributed by atoms with Crippen LogP contribution in [0.15, 0.2) is 0 Å². The topological polar surface area (TPSA) is 23.5 Å². The van der Waals surface area contributed by atoms with E-state index in [0.717, 1.165) is 0 Å². The highest BCUT2D eigenvalue weighted by molar-refractivity contribution is 4.81. The fourth-order valence-corrected chi connectivity index (χ4v) is 1.41. The van der Waals surface area contributed by atoms with Crippen LogP contribution in [0.1, 0.15) is 19.8 Å². The van der Waals surface area contributed by atoms with Crippen molar-refractivity contribution in [1.29, 1.82) is 0 Å². The maximum atomic E-state index is 11.9. The van der Waals surface area contributed by atoms with Crippen molar-refractivity contribution in [3.8, 4) is 0 Å². The van der Waals surface area contributed by atoms with E-state index in [-0.39, 0.29) is 6.54 Å². The molecule has 2 nitrogen and oxygen atoms in total. The molecule has 1 aliphatic rings. The lowest BCUT2D eigenvalue weighted by molar-refractivity contribution is -0.0199. The van der Waals surface area contributed by atoms with Gasteiger partial charge in [0.15, 0.2) is 0 Å². The van der Waals surface area contributed by atoms with Gasteiger partial charge in [-0.25, -0.2) is 8.78 Å². The molecule has 1 saturated heterocycles. The smallest absolute Gasteiger partial charge is 0.251 e. The Morgan fingerprint density at radius 3 is 2.33 bits per heavy atom. The van der Waals surface area contributed by atoms with Crippen LogP contribution >= 0.6 is 0 Å². The first-order chi connectivity index (χ1) is 5.49. The minimum absolute atomic E-state index is 0.157. The highest BCUT2D eigenvalue weighted by Crippen LogP contribution is 2.21. The summed E-state index contributed by atoms with van der Waals surface area (Å²) in [5.41, 5.74) is -0.640. The van der Waals surface area contributed by atoms with Gasteiger partial charge in [-0.1, -0.05) is 0 Å². The van der Waals surface area contributed by atoms with Gasteiger partial charge in [0.05, 0.1) is 12.1 Å². The Kier molecular flexibility index (Phi) is 3.01. The van der Waals surface area contributed by atoms with Crippen molar-refractivity contribution >= 4 is 0 Å². The number of alkyl halides is 2. The van der Waals surface area contributed by atoms with Gasteiger partial charge >= 0.3 is 0 Å². The lowest BCUT2D eigenvalue weighted by Crippen LogP contribution is -2.44. The van der Waals surface area contributed by atoms with Gasteiger partial charge in [0.1, 0.15) is 0 Å². The summed E-state index contributed by atoms with van der Waals surface area (Å²) in [5, 5.41) is 9.51. The lowest BCUT2D eigenvalue weighted by Gasteiger charge is -2.35. The van der Waals surface area contributed by atoms with Gasteiger partial charge in [-0.2, -0.15) is 0 Å². The summed E-state index contributed by atoms with van der Waals surface area (Å²) in [6, 6.07) is 0. The second kappa shape index (κ2) is 3.66. The van der Waals surface area contributed by atoms with E-state index < -0.39 is 12.0 Å². The van der Waals surface area contributed by atoms with Gasteiger partial charge < -0.3 is 5.11 Å². The molecule has 0 spiro atoms. The van der Waals surface area contributed by atoms with E-state index in [2.05, 4.69) is 0 Å². The Morgan fingerprint density at radius 1 is 1.42 bits per heavy atom. The predicted molar refractivity (Wildman–Crippen MR) is 42.3 cm³/mol. The first kappa shape index (κ1) is 9.86. The normalized spacial score (nSPS) is 24.8. The van der Waals surface area contributed by atoms with Crippen molar-refractivity contribution in [3.05, 3.63) is 0 Å². The molecule has 0 aromatic rings. The average molecular weight is 179 g/mol. The Morgan fingerprint density at radius 2 is 1.92 bits per heavy atom. The van der Waals surface area contributed by atoms with Crippen molar-refractivity contribution in [1.82, 2.24) is 4.90 Å². The van der Waals surface area contributed by atoms with Gasteiger partial charge in [-0.15, -0.1) is 0 Å².